The van der Waals surface area contributed by atoms with Gasteiger partial charge < -0.3 is 11.1 Å². The van der Waals surface area contributed by atoms with Crippen LogP contribution in [0.15, 0.2) is 54.7 Å². The van der Waals surface area contributed by atoms with Crippen molar-refractivity contribution in [1.29, 1.82) is 0 Å². The highest BCUT2D eigenvalue weighted by Crippen LogP contribution is 2.22. The van der Waals surface area contributed by atoms with Crippen LogP contribution in [-0.4, -0.2) is 39.6 Å². The summed E-state index contributed by atoms with van der Waals surface area (Å²) in [5.74, 6) is -0.438. The molecule has 0 unspecified atom stereocenters. The van der Waals surface area contributed by atoms with Crippen LogP contribution in [0.1, 0.15) is 34.5 Å². The highest BCUT2D eigenvalue weighted by molar-refractivity contribution is 6.30. The molecule has 2 aromatic carbocycles. The Balaban J connectivity index is 1.42. The van der Waals surface area contributed by atoms with Crippen molar-refractivity contribution < 1.29 is 9.59 Å². The van der Waals surface area contributed by atoms with E-state index in [1.54, 1.807) is 23.0 Å². The van der Waals surface area contributed by atoms with Gasteiger partial charge in [-0.05, 0) is 68.8 Å². The monoisotopic (exact) mass is 451 g/mol. The zero-order valence-corrected chi connectivity index (χ0v) is 18.7. The first-order valence-electron chi connectivity index (χ1n) is 10.6. The van der Waals surface area contributed by atoms with Gasteiger partial charge in [-0.25, -0.2) is 4.68 Å². The van der Waals surface area contributed by atoms with E-state index in [1.807, 2.05) is 43.3 Å². The van der Waals surface area contributed by atoms with Crippen LogP contribution in [0.5, 0.6) is 0 Å². The summed E-state index contributed by atoms with van der Waals surface area (Å²) in [6.07, 6.45) is 3.15. The SMILES string of the molecule is Cc1c(C(=O)Nc2cccc(CN3CCC(C(N)=O)CC3)c2)cnn1-c1cccc(Cl)c1. The molecular formula is C24H26ClN5O2. The molecule has 2 amide bonds. The molecular weight excluding hydrogens is 426 g/mol. The molecule has 1 aromatic heterocycles. The maximum absolute atomic E-state index is 12.9. The normalized spacial score (nSPS) is 14.9. The van der Waals surface area contributed by atoms with Crippen LogP contribution in [0.4, 0.5) is 5.69 Å². The molecule has 3 aromatic rings. The summed E-state index contributed by atoms with van der Waals surface area (Å²) in [6, 6.07) is 15.2. The fraction of sp³-hybridized carbons (Fsp3) is 0.292. The predicted molar refractivity (Wildman–Crippen MR) is 125 cm³/mol. The van der Waals surface area contributed by atoms with Gasteiger partial charge in [0.15, 0.2) is 0 Å². The lowest BCUT2D eigenvalue weighted by atomic mass is 9.96. The van der Waals surface area contributed by atoms with E-state index in [1.165, 1.54) is 0 Å². The number of nitrogens with zero attached hydrogens (tertiary/aromatic N) is 3. The maximum atomic E-state index is 12.9. The number of benzene rings is 2. The summed E-state index contributed by atoms with van der Waals surface area (Å²) in [6.45, 7) is 4.30. The van der Waals surface area contributed by atoms with E-state index in [2.05, 4.69) is 15.3 Å². The molecule has 4 rings (SSSR count). The first kappa shape index (κ1) is 22.0. The molecule has 0 spiro atoms. The molecule has 1 saturated heterocycles. The van der Waals surface area contributed by atoms with Crippen molar-refractivity contribution >= 4 is 29.1 Å². The molecule has 0 atom stereocenters. The van der Waals surface area contributed by atoms with Crippen molar-refractivity contribution in [2.75, 3.05) is 18.4 Å². The number of carbonyl (C=O) groups is 2. The van der Waals surface area contributed by atoms with Gasteiger partial charge >= 0.3 is 0 Å². The maximum Gasteiger partial charge on any atom is 0.259 e. The van der Waals surface area contributed by atoms with Crippen LogP contribution in [0.3, 0.4) is 0 Å². The van der Waals surface area contributed by atoms with Gasteiger partial charge in [-0.1, -0.05) is 29.8 Å². The molecule has 2 heterocycles. The number of anilines is 1. The Kier molecular flexibility index (Phi) is 6.58. The summed E-state index contributed by atoms with van der Waals surface area (Å²) in [5, 5.41) is 7.95. The lowest BCUT2D eigenvalue weighted by Gasteiger charge is -2.30. The second-order valence-electron chi connectivity index (χ2n) is 8.14. The van der Waals surface area contributed by atoms with Crippen molar-refractivity contribution in [2.45, 2.75) is 26.3 Å². The fourth-order valence-electron chi connectivity index (χ4n) is 4.08. The molecule has 32 heavy (non-hydrogen) atoms. The molecule has 3 N–H and O–H groups in total. The number of halogens is 1. The average Bonchev–Trinajstić information content (AvgIpc) is 3.16. The smallest absolute Gasteiger partial charge is 0.259 e. The second kappa shape index (κ2) is 9.54. The van der Waals surface area contributed by atoms with E-state index in [-0.39, 0.29) is 17.7 Å². The van der Waals surface area contributed by atoms with Crippen LogP contribution in [0.25, 0.3) is 5.69 Å². The summed E-state index contributed by atoms with van der Waals surface area (Å²) >= 11 is 6.08. The molecule has 0 radical (unpaired) electrons. The molecule has 8 heteroatoms. The Hall–Kier alpha value is -3.16. The minimum Gasteiger partial charge on any atom is -0.369 e. The Bertz CT molecular complexity index is 1130. The molecule has 0 saturated carbocycles. The van der Waals surface area contributed by atoms with Gasteiger partial charge in [0, 0.05) is 23.2 Å². The van der Waals surface area contributed by atoms with Crippen LogP contribution in [-0.2, 0) is 11.3 Å². The Morgan fingerprint density at radius 3 is 2.62 bits per heavy atom. The topological polar surface area (TPSA) is 93.2 Å². The van der Waals surface area contributed by atoms with Crippen LogP contribution < -0.4 is 11.1 Å². The summed E-state index contributed by atoms with van der Waals surface area (Å²) in [7, 11) is 0. The highest BCUT2D eigenvalue weighted by Gasteiger charge is 2.23. The Morgan fingerprint density at radius 2 is 1.91 bits per heavy atom. The average molecular weight is 452 g/mol. The van der Waals surface area contributed by atoms with Gasteiger partial charge in [0.25, 0.3) is 5.91 Å². The van der Waals surface area contributed by atoms with Crippen molar-refractivity contribution in [2.24, 2.45) is 11.7 Å². The number of rotatable bonds is 6. The first-order chi connectivity index (χ1) is 15.4. The lowest BCUT2D eigenvalue weighted by Crippen LogP contribution is -2.38. The number of primary amides is 1. The largest absolute Gasteiger partial charge is 0.369 e. The zero-order valence-electron chi connectivity index (χ0n) is 17.9. The predicted octanol–water partition coefficient (Wildman–Crippen LogP) is 3.78. The standard InChI is InChI=1S/C24H26ClN5O2/c1-16-22(14-27-30(16)21-7-3-5-19(25)13-21)24(32)28-20-6-2-4-17(12-20)15-29-10-8-18(9-11-29)23(26)31/h2-7,12-14,18H,8-11,15H2,1H3,(H2,26,31)(H,28,32). The molecule has 7 nitrogen and oxygen atoms in total. The number of piperidine rings is 1. The van der Waals surface area contributed by atoms with Gasteiger partial charge in [0.2, 0.25) is 5.91 Å². The quantitative estimate of drug-likeness (QED) is 0.596. The number of nitrogens with one attached hydrogen (secondary N) is 1. The summed E-state index contributed by atoms with van der Waals surface area (Å²) in [5.41, 5.74) is 9.30. The molecule has 166 valence electrons. The third kappa shape index (κ3) is 5.00. The lowest BCUT2D eigenvalue weighted by molar-refractivity contribution is -0.123. The fourth-order valence-corrected chi connectivity index (χ4v) is 4.26. The molecule has 0 aliphatic carbocycles. The molecule has 1 aliphatic heterocycles. The van der Waals surface area contributed by atoms with Crippen molar-refractivity contribution in [3.8, 4) is 5.69 Å². The van der Waals surface area contributed by atoms with Crippen LogP contribution >= 0.6 is 11.6 Å². The number of carbonyl (C=O) groups excluding carboxylic acids is 2. The van der Waals surface area contributed by atoms with Gasteiger partial charge in [0.1, 0.15) is 0 Å². The second-order valence-corrected chi connectivity index (χ2v) is 8.58. The minimum atomic E-state index is -0.213. The number of amides is 2. The molecule has 0 bridgehead atoms. The Morgan fingerprint density at radius 1 is 1.16 bits per heavy atom. The van der Waals surface area contributed by atoms with Gasteiger partial charge in [0.05, 0.1) is 23.1 Å². The van der Waals surface area contributed by atoms with Crippen molar-refractivity contribution in [3.05, 3.63) is 76.6 Å². The Labute approximate surface area is 192 Å². The third-order valence-corrected chi connectivity index (χ3v) is 6.12. The molecule has 1 fully saturated rings. The minimum absolute atomic E-state index is 0.0204. The van der Waals surface area contributed by atoms with Gasteiger partial charge in [-0.15, -0.1) is 0 Å². The van der Waals surface area contributed by atoms with Gasteiger partial charge in [-0.2, -0.15) is 5.10 Å². The van der Waals surface area contributed by atoms with Gasteiger partial charge in [-0.3, -0.25) is 14.5 Å². The summed E-state index contributed by atoms with van der Waals surface area (Å²) < 4.78 is 1.70. The number of nitrogens with two attached hydrogens (primary N) is 1. The number of likely N-dealkylation sites (tertiary alicyclic amines) is 1. The van der Waals surface area contributed by atoms with Crippen molar-refractivity contribution in [3.63, 3.8) is 0 Å². The third-order valence-electron chi connectivity index (χ3n) is 5.89. The number of hydrogen-bond donors (Lipinski definition) is 2. The number of aromatic nitrogens is 2. The summed E-state index contributed by atoms with van der Waals surface area (Å²) in [4.78, 5) is 26.6. The van der Waals surface area contributed by atoms with E-state index >= 15 is 0 Å². The number of hydrogen-bond acceptors (Lipinski definition) is 4. The zero-order chi connectivity index (χ0) is 22.7. The first-order valence-corrected chi connectivity index (χ1v) is 11.0. The highest BCUT2D eigenvalue weighted by atomic mass is 35.5. The van der Waals surface area contributed by atoms with E-state index in [0.717, 1.165) is 55.1 Å². The van der Waals surface area contributed by atoms with E-state index in [4.69, 9.17) is 17.3 Å². The van der Waals surface area contributed by atoms with E-state index < -0.39 is 0 Å². The molecule has 1 aliphatic rings. The van der Waals surface area contributed by atoms with Crippen molar-refractivity contribution in [1.82, 2.24) is 14.7 Å². The van der Waals surface area contributed by atoms with Crippen LogP contribution in [0.2, 0.25) is 5.02 Å². The van der Waals surface area contributed by atoms with E-state index in [9.17, 15) is 9.59 Å². The van der Waals surface area contributed by atoms with Crippen LogP contribution in [0, 0.1) is 12.8 Å². The van der Waals surface area contributed by atoms with E-state index in [0.29, 0.717) is 10.6 Å².